The number of sulfonamides is 1. The highest BCUT2D eigenvalue weighted by molar-refractivity contribution is 7.92. The van der Waals surface area contributed by atoms with E-state index in [-0.39, 0.29) is 10.8 Å². The van der Waals surface area contributed by atoms with E-state index in [2.05, 4.69) is 4.72 Å². The van der Waals surface area contributed by atoms with Gasteiger partial charge >= 0.3 is 0 Å². The Bertz CT molecular complexity index is 981. The largest absolute Gasteiger partial charge is 0.486 e. The van der Waals surface area contributed by atoms with E-state index in [1.165, 1.54) is 12.1 Å². The smallest absolute Gasteiger partial charge is 0.262 e. The second kappa shape index (κ2) is 8.32. The molecule has 2 aliphatic heterocycles. The van der Waals surface area contributed by atoms with Gasteiger partial charge in [0.1, 0.15) is 13.2 Å². The van der Waals surface area contributed by atoms with Crippen LogP contribution in [0.3, 0.4) is 0 Å². The molecule has 0 atom stereocenters. The van der Waals surface area contributed by atoms with E-state index in [1.807, 2.05) is 4.90 Å². The predicted octanol–water partition coefficient (Wildman–Crippen LogP) is 3.27. The van der Waals surface area contributed by atoms with Gasteiger partial charge in [-0.15, -0.1) is 0 Å². The topological polar surface area (TPSA) is 84.9 Å². The number of anilines is 1. The van der Waals surface area contributed by atoms with Gasteiger partial charge < -0.3 is 14.4 Å². The molecule has 0 radical (unpaired) electrons. The van der Waals surface area contributed by atoms with Crippen molar-refractivity contribution >= 4 is 21.6 Å². The summed E-state index contributed by atoms with van der Waals surface area (Å²) in [5.41, 5.74) is 0.960. The standard InChI is InChI=1S/C21H24N2O5S/c24-21(23-11-3-1-2-4-12-23)16-5-7-17(8-6-16)22-29(25,26)18-9-10-19-20(15-18)28-14-13-27-19/h5-10,15,22H,1-4,11-14H2. The van der Waals surface area contributed by atoms with Crippen LogP contribution in [0.5, 0.6) is 11.5 Å². The fourth-order valence-corrected chi connectivity index (χ4v) is 4.62. The highest BCUT2D eigenvalue weighted by atomic mass is 32.2. The van der Waals surface area contributed by atoms with Gasteiger partial charge in [0.2, 0.25) is 0 Å². The monoisotopic (exact) mass is 416 g/mol. The summed E-state index contributed by atoms with van der Waals surface area (Å²) >= 11 is 0. The molecule has 1 fully saturated rings. The van der Waals surface area contributed by atoms with Crippen LogP contribution in [0.4, 0.5) is 5.69 Å². The van der Waals surface area contributed by atoms with Gasteiger partial charge in [0.25, 0.3) is 15.9 Å². The Morgan fingerprint density at radius 1 is 0.862 bits per heavy atom. The van der Waals surface area contributed by atoms with Crippen molar-refractivity contribution in [3.63, 3.8) is 0 Å². The van der Waals surface area contributed by atoms with Gasteiger partial charge in [-0.1, -0.05) is 12.8 Å². The highest BCUT2D eigenvalue weighted by Crippen LogP contribution is 2.32. The molecule has 2 aromatic rings. The van der Waals surface area contributed by atoms with Gasteiger partial charge in [-0.05, 0) is 49.2 Å². The Hall–Kier alpha value is -2.74. The molecule has 8 heteroatoms. The summed E-state index contributed by atoms with van der Waals surface area (Å²) in [6.07, 6.45) is 4.37. The lowest BCUT2D eigenvalue weighted by molar-refractivity contribution is 0.0761. The Labute approximate surface area is 170 Å². The molecular formula is C21H24N2O5S. The molecule has 0 bridgehead atoms. The minimum absolute atomic E-state index is 0.00635. The van der Waals surface area contributed by atoms with Crippen LogP contribution in [-0.4, -0.2) is 45.5 Å². The van der Waals surface area contributed by atoms with Crippen molar-refractivity contribution in [2.75, 3.05) is 31.0 Å². The molecule has 1 amide bonds. The lowest BCUT2D eigenvalue weighted by Crippen LogP contribution is -2.31. The minimum atomic E-state index is -3.79. The number of hydrogen-bond donors (Lipinski definition) is 1. The minimum Gasteiger partial charge on any atom is -0.486 e. The molecule has 0 aromatic heterocycles. The molecule has 7 nitrogen and oxygen atoms in total. The van der Waals surface area contributed by atoms with Crippen LogP contribution in [0.15, 0.2) is 47.4 Å². The summed E-state index contributed by atoms with van der Waals surface area (Å²) in [7, 11) is -3.79. The molecule has 2 aliphatic rings. The molecule has 29 heavy (non-hydrogen) atoms. The van der Waals surface area contributed by atoms with E-state index in [4.69, 9.17) is 9.47 Å². The Balaban J connectivity index is 1.47. The van der Waals surface area contributed by atoms with Gasteiger partial charge in [0.15, 0.2) is 11.5 Å². The number of carbonyl (C=O) groups is 1. The fraction of sp³-hybridized carbons (Fsp3) is 0.381. The zero-order chi connectivity index (χ0) is 20.3. The van der Waals surface area contributed by atoms with Crippen molar-refractivity contribution in [3.05, 3.63) is 48.0 Å². The summed E-state index contributed by atoms with van der Waals surface area (Å²) in [4.78, 5) is 14.6. The second-order valence-corrected chi connectivity index (χ2v) is 8.88. The summed E-state index contributed by atoms with van der Waals surface area (Å²) < 4.78 is 38.9. The fourth-order valence-electron chi connectivity index (χ4n) is 3.54. The van der Waals surface area contributed by atoms with Crippen LogP contribution >= 0.6 is 0 Å². The van der Waals surface area contributed by atoms with Crippen LogP contribution in [-0.2, 0) is 10.0 Å². The molecule has 4 rings (SSSR count). The average Bonchev–Trinajstić information content (AvgIpc) is 3.03. The number of rotatable bonds is 4. The first kappa shape index (κ1) is 19.6. The van der Waals surface area contributed by atoms with E-state index in [0.717, 1.165) is 38.8 Å². The van der Waals surface area contributed by atoms with E-state index in [1.54, 1.807) is 30.3 Å². The quantitative estimate of drug-likeness (QED) is 0.827. The van der Waals surface area contributed by atoms with Gasteiger partial charge in [0, 0.05) is 30.4 Å². The maximum atomic E-state index is 12.7. The Morgan fingerprint density at radius 2 is 1.52 bits per heavy atom. The van der Waals surface area contributed by atoms with Gasteiger partial charge in [-0.3, -0.25) is 9.52 Å². The van der Waals surface area contributed by atoms with E-state index in [0.29, 0.717) is 36.0 Å². The summed E-state index contributed by atoms with van der Waals surface area (Å²) in [5, 5.41) is 0. The van der Waals surface area contributed by atoms with Crippen molar-refractivity contribution in [1.29, 1.82) is 0 Å². The summed E-state index contributed by atoms with van der Waals surface area (Å²) in [6.45, 7) is 2.38. The highest BCUT2D eigenvalue weighted by Gasteiger charge is 2.20. The Kier molecular flexibility index (Phi) is 5.62. The van der Waals surface area contributed by atoms with Crippen molar-refractivity contribution in [3.8, 4) is 11.5 Å². The molecule has 2 aromatic carbocycles. The molecule has 1 saturated heterocycles. The first-order valence-corrected chi connectivity index (χ1v) is 11.3. The molecular weight excluding hydrogens is 392 g/mol. The van der Waals surface area contributed by atoms with Crippen molar-refractivity contribution in [2.24, 2.45) is 0 Å². The van der Waals surface area contributed by atoms with Crippen molar-refractivity contribution in [1.82, 2.24) is 4.90 Å². The molecule has 1 N–H and O–H groups in total. The average molecular weight is 416 g/mol. The zero-order valence-corrected chi connectivity index (χ0v) is 16.9. The molecule has 154 valence electrons. The second-order valence-electron chi connectivity index (χ2n) is 7.19. The third kappa shape index (κ3) is 4.48. The molecule has 0 aliphatic carbocycles. The number of carbonyl (C=O) groups excluding carboxylic acids is 1. The SMILES string of the molecule is O=C(c1ccc(NS(=O)(=O)c2ccc3c(c2)OCCO3)cc1)N1CCCCCC1. The first-order valence-electron chi connectivity index (χ1n) is 9.85. The Morgan fingerprint density at radius 3 is 2.21 bits per heavy atom. The number of hydrogen-bond acceptors (Lipinski definition) is 5. The lowest BCUT2D eigenvalue weighted by atomic mass is 10.2. The van der Waals surface area contributed by atoms with Gasteiger partial charge in [-0.2, -0.15) is 0 Å². The van der Waals surface area contributed by atoms with Crippen molar-refractivity contribution in [2.45, 2.75) is 30.6 Å². The lowest BCUT2D eigenvalue weighted by Gasteiger charge is -2.20. The first-order chi connectivity index (χ1) is 14.0. The van der Waals surface area contributed by atoms with Gasteiger partial charge in [-0.25, -0.2) is 8.42 Å². The van der Waals surface area contributed by atoms with Crippen LogP contribution in [0.2, 0.25) is 0 Å². The summed E-state index contributed by atoms with van der Waals surface area (Å²) in [6, 6.07) is 11.1. The number of likely N-dealkylation sites (tertiary alicyclic amines) is 1. The maximum absolute atomic E-state index is 12.7. The number of benzene rings is 2. The molecule has 0 spiro atoms. The van der Waals surface area contributed by atoms with E-state index >= 15 is 0 Å². The molecule has 0 unspecified atom stereocenters. The van der Waals surface area contributed by atoms with Crippen LogP contribution in [0, 0.1) is 0 Å². The number of nitrogens with one attached hydrogen (secondary N) is 1. The third-order valence-corrected chi connectivity index (χ3v) is 6.48. The normalized spacial score (nSPS) is 16.8. The van der Waals surface area contributed by atoms with Gasteiger partial charge in [0.05, 0.1) is 4.90 Å². The number of nitrogens with zero attached hydrogens (tertiary/aromatic N) is 1. The maximum Gasteiger partial charge on any atom is 0.262 e. The van der Waals surface area contributed by atoms with E-state index in [9.17, 15) is 13.2 Å². The van der Waals surface area contributed by atoms with E-state index < -0.39 is 10.0 Å². The van der Waals surface area contributed by atoms with Crippen LogP contribution in [0.25, 0.3) is 0 Å². The molecule has 2 heterocycles. The number of fused-ring (bicyclic) bond motifs is 1. The summed E-state index contributed by atoms with van der Waals surface area (Å²) in [5.74, 6) is 0.942. The van der Waals surface area contributed by atoms with Crippen LogP contribution < -0.4 is 14.2 Å². The molecule has 0 saturated carbocycles. The number of ether oxygens (including phenoxy) is 2. The van der Waals surface area contributed by atoms with Crippen LogP contribution in [0.1, 0.15) is 36.0 Å². The zero-order valence-electron chi connectivity index (χ0n) is 16.1. The predicted molar refractivity (Wildman–Crippen MR) is 109 cm³/mol. The van der Waals surface area contributed by atoms with Crippen molar-refractivity contribution < 1.29 is 22.7 Å². The third-order valence-electron chi connectivity index (χ3n) is 5.10. The number of amides is 1.